The first-order valence-corrected chi connectivity index (χ1v) is 3.79. The van der Waals surface area contributed by atoms with Gasteiger partial charge in [0.2, 0.25) is 5.91 Å². The maximum atomic E-state index is 10.9. The summed E-state index contributed by atoms with van der Waals surface area (Å²) in [5.41, 5.74) is 0.363. The molecule has 0 heterocycles. The fourth-order valence-electron chi connectivity index (χ4n) is 0.687. The van der Waals surface area contributed by atoms with Gasteiger partial charge in [-0.05, 0) is 13.3 Å². The topological polar surface area (TPSA) is 88.2 Å². The molecule has 0 spiro atoms. The average Bonchev–Trinajstić information content (AvgIpc) is 1.97. The third-order valence-corrected chi connectivity index (χ3v) is 1.19. The molecule has 0 rings (SSSR count). The van der Waals surface area contributed by atoms with E-state index in [2.05, 4.69) is 10.2 Å². The van der Waals surface area contributed by atoms with Crippen LogP contribution >= 0.6 is 0 Å². The van der Waals surface area contributed by atoms with E-state index in [1.165, 1.54) is 0 Å². The molecule has 0 atom stereocenters. The molecule has 0 aromatic rings. The zero-order chi connectivity index (χ0) is 9.40. The van der Waals surface area contributed by atoms with Gasteiger partial charge in [0.15, 0.2) is 0 Å². The van der Waals surface area contributed by atoms with E-state index >= 15 is 0 Å². The molecule has 0 aromatic carbocycles. The molecule has 0 aliphatic heterocycles. The van der Waals surface area contributed by atoms with E-state index in [-0.39, 0.29) is 12.3 Å². The van der Waals surface area contributed by atoms with Crippen molar-refractivity contribution in [1.29, 1.82) is 5.41 Å². The van der Waals surface area contributed by atoms with Crippen LogP contribution in [0.25, 0.3) is 0 Å². The summed E-state index contributed by atoms with van der Waals surface area (Å²) >= 11 is 0. The molecule has 0 aromatic heterocycles. The summed E-state index contributed by atoms with van der Waals surface area (Å²) in [4.78, 5) is 15.2. The van der Waals surface area contributed by atoms with E-state index in [1.807, 2.05) is 0 Å². The van der Waals surface area contributed by atoms with Crippen molar-refractivity contribution in [2.24, 2.45) is 5.90 Å². The first kappa shape index (κ1) is 11.1. The molecule has 0 aliphatic rings. The summed E-state index contributed by atoms with van der Waals surface area (Å²) in [6, 6.07) is 0. The highest BCUT2D eigenvalue weighted by molar-refractivity contribution is 5.98. The predicted molar refractivity (Wildman–Crippen MR) is 45.8 cm³/mol. The summed E-state index contributed by atoms with van der Waals surface area (Å²) in [7, 11) is 0. The Hall–Kier alpha value is -0.940. The van der Waals surface area contributed by atoms with Gasteiger partial charge in [-0.2, -0.15) is 0 Å². The molecule has 0 saturated heterocycles. The van der Waals surface area contributed by atoms with Gasteiger partial charge in [-0.25, -0.2) is 5.90 Å². The van der Waals surface area contributed by atoms with Crippen molar-refractivity contribution in [3.8, 4) is 0 Å². The lowest BCUT2D eigenvalue weighted by atomic mass is 10.3. The van der Waals surface area contributed by atoms with Crippen LogP contribution in [0.2, 0.25) is 0 Å². The van der Waals surface area contributed by atoms with Gasteiger partial charge in [-0.3, -0.25) is 4.79 Å². The van der Waals surface area contributed by atoms with E-state index < -0.39 is 0 Å². The standard InChI is InChI=1S/C7H15N3O2/c1-6(8)5-7(11)10-3-2-4-12-9/h8H,2-5,9H2,1H3,(H,10,11). The summed E-state index contributed by atoms with van der Waals surface area (Å²) in [5, 5.41) is 9.67. The van der Waals surface area contributed by atoms with Gasteiger partial charge in [0.25, 0.3) is 0 Å². The quantitative estimate of drug-likeness (QED) is 0.295. The van der Waals surface area contributed by atoms with Crippen LogP contribution in [0.1, 0.15) is 19.8 Å². The zero-order valence-electron chi connectivity index (χ0n) is 7.22. The molecule has 1 amide bonds. The van der Waals surface area contributed by atoms with E-state index in [0.29, 0.717) is 25.3 Å². The second kappa shape index (κ2) is 6.75. The van der Waals surface area contributed by atoms with Gasteiger partial charge in [0.05, 0.1) is 13.0 Å². The van der Waals surface area contributed by atoms with Crippen molar-refractivity contribution < 1.29 is 9.63 Å². The van der Waals surface area contributed by atoms with Crippen LogP contribution < -0.4 is 11.2 Å². The predicted octanol–water partition coefficient (Wildman–Crippen LogP) is -0.187. The molecule has 70 valence electrons. The minimum atomic E-state index is -0.125. The zero-order valence-corrected chi connectivity index (χ0v) is 7.22. The molecule has 0 aliphatic carbocycles. The van der Waals surface area contributed by atoms with Crippen molar-refractivity contribution in [3.63, 3.8) is 0 Å². The van der Waals surface area contributed by atoms with Gasteiger partial charge >= 0.3 is 0 Å². The number of nitrogens with two attached hydrogens (primary N) is 1. The summed E-state index contributed by atoms with van der Waals surface area (Å²) in [6.07, 6.45) is 0.864. The molecule has 0 bridgehead atoms. The number of hydrogen-bond acceptors (Lipinski definition) is 4. The Morgan fingerprint density at radius 1 is 1.67 bits per heavy atom. The van der Waals surface area contributed by atoms with Crippen molar-refractivity contribution >= 4 is 11.6 Å². The molecule has 0 unspecified atom stereocenters. The largest absolute Gasteiger partial charge is 0.356 e. The molecule has 5 heteroatoms. The number of hydrogen-bond donors (Lipinski definition) is 3. The average molecular weight is 173 g/mol. The van der Waals surface area contributed by atoms with Crippen molar-refractivity contribution in [3.05, 3.63) is 0 Å². The summed E-state index contributed by atoms with van der Waals surface area (Å²) < 4.78 is 0. The SMILES string of the molecule is CC(=N)CC(=O)NCCCON. The van der Waals surface area contributed by atoms with E-state index in [0.717, 1.165) is 0 Å². The fraction of sp³-hybridized carbons (Fsp3) is 0.714. The third-order valence-electron chi connectivity index (χ3n) is 1.19. The lowest BCUT2D eigenvalue weighted by Crippen LogP contribution is -2.26. The van der Waals surface area contributed by atoms with Gasteiger partial charge < -0.3 is 15.6 Å². The van der Waals surface area contributed by atoms with Gasteiger partial charge in [-0.1, -0.05) is 0 Å². The number of rotatable bonds is 6. The van der Waals surface area contributed by atoms with Crippen LogP contribution in [0.4, 0.5) is 0 Å². The highest BCUT2D eigenvalue weighted by Gasteiger charge is 2.00. The van der Waals surface area contributed by atoms with Crippen molar-refractivity contribution in [2.45, 2.75) is 19.8 Å². The Labute approximate surface area is 71.7 Å². The molecule has 0 fully saturated rings. The van der Waals surface area contributed by atoms with Crippen LogP contribution in [-0.2, 0) is 9.63 Å². The monoisotopic (exact) mass is 173 g/mol. The first-order valence-electron chi connectivity index (χ1n) is 3.79. The Bertz CT molecular complexity index is 159. The lowest BCUT2D eigenvalue weighted by molar-refractivity contribution is -0.119. The van der Waals surface area contributed by atoms with Crippen LogP contribution in [0.5, 0.6) is 0 Å². The minimum Gasteiger partial charge on any atom is -0.356 e. The highest BCUT2D eigenvalue weighted by Crippen LogP contribution is 1.83. The van der Waals surface area contributed by atoms with Gasteiger partial charge in [0, 0.05) is 12.3 Å². The highest BCUT2D eigenvalue weighted by atomic mass is 16.6. The van der Waals surface area contributed by atoms with Crippen LogP contribution in [0.15, 0.2) is 0 Å². The Morgan fingerprint density at radius 3 is 2.83 bits per heavy atom. The maximum Gasteiger partial charge on any atom is 0.225 e. The van der Waals surface area contributed by atoms with E-state index in [1.54, 1.807) is 6.92 Å². The summed E-state index contributed by atoms with van der Waals surface area (Å²) in [6.45, 7) is 2.58. The second-order valence-electron chi connectivity index (χ2n) is 2.53. The minimum absolute atomic E-state index is 0.125. The molecular formula is C7H15N3O2. The van der Waals surface area contributed by atoms with Crippen LogP contribution in [-0.4, -0.2) is 24.8 Å². The Kier molecular flexibility index (Phi) is 6.22. The second-order valence-corrected chi connectivity index (χ2v) is 2.53. The summed E-state index contributed by atoms with van der Waals surface area (Å²) in [5.74, 6) is 4.65. The number of amides is 1. The normalized spacial score (nSPS) is 9.50. The third kappa shape index (κ3) is 7.17. The van der Waals surface area contributed by atoms with Crippen molar-refractivity contribution in [2.75, 3.05) is 13.2 Å². The Balaban J connectivity index is 3.26. The number of nitrogens with one attached hydrogen (secondary N) is 2. The smallest absolute Gasteiger partial charge is 0.225 e. The lowest BCUT2D eigenvalue weighted by Gasteiger charge is -2.02. The molecular weight excluding hydrogens is 158 g/mol. The molecule has 0 radical (unpaired) electrons. The van der Waals surface area contributed by atoms with Gasteiger partial charge in [0.1, 0.15) is 0 Å². The van der Waals surface area contributed by atoms with E-state index in [4.69, 9.17) is 11.3 Å². The first-order chi connectivity index (χ1) is 5.66. The number of carbonyl (C=O) groups excluding carboxylic acids is 1. The fourth-order valence-corrected chi connectivity index (χ4v) is 0.687. The number of carbonyl (C=O) groups is 1. The van der Waals surface area contributed by atoms with Gasteiger partial charge in [-0.15, -0.1) is 0 Å². The molecule has 5 nitrogen and oxygen atoms in total. The molecule has 0 saturated carbocycles. The van der Waals surface area contributed by atoms with Crippen LogP contribution in [0.3, 0.4) is 0 Å². The molecule has 12 heavy (non-hydrogen) atoms. The maximum absolute atomic E-state index is 10.9. The molecule has 4 N–H and O–H groups in total. The Morgan fingerprint density at radius 2 is 2.33 bits per heavy atom. The van der Waals surface area contributed by atoms with E-state index in [9.17, 15) is 4.79 Å². The van der Waals surface area contributed by atoms with Crippen LogP contribution in [0, 0.1) is 5.41 Å². The van der Waals surface area contributed by atoms with Crippen molar-refractivity contribution in [1.82, 2.24) is 5.32 Å².